The van der Waals surface area contributed by atoms with Gasteiger partial charge in [-0.25, -0.2) is 4.39 Å². The first-order valence-electron chi connectivity index (χ1n) is 7.07. The third kappa shape index (κ3) is 4.73. The molecular weight excluding hydrogens is 339 g/mol. The number of benzene rings is 1. The maximum atomic E-state index is 13.3. The number of nitrogens with two attached hydrogens (primary N) is 1. The van der Waals surface area contributed by atoms with Crippen molar-refractivity contribution in [3.8, 4) is 11.4 Å². The molecule has 1 heterocycles. The summed E-state index contributed by atoms with van der Waals surface area (Å²) in [4.78, 5) is 16.1. The summed E-state index contributed by atoms with van der Waals surface area (Å²) >= 11 is 0. The van der Waals surface area contributed by atoms with Crippen molar-refractivity contribution < 1.29 is 18.4 Å². The summed E-state index contributed by atoms with van der Waals surface area (Å²) in [6.45, 7) is 3.47. The number of nitrogens with zero attached hydrogens (tertiary/aromatic N) is 2. The Morgan fingerprint density at radius 3 is 2.83 bits per heavy atom. The second kappa shape index (κ2) is 8.72. The molecular formula is C15H20ClFN4O3. The van der Waals surface area contributed by atoms with Gasteiger partial charge in [0.05, 0.1) is 6.61 Å². The molecule has 2 unspecified atom stereocenters. The van der Waals surface area contributed by atoms with Crippen LogP contribution in [0.3, 0.4) is 0 Å². The van der Waals surface area contributed by atoms with Crippen molar-refractivity contribution in [2.75, 3.05) is 13.7 Å². The molecule has 9 heteroatoms. The highest BCUT2D eigenvalue weighted by Crippen LogP contribution is 2.21. The van der Waals surface area contributed by atoms with Gasteiger partial charge in [0.1, 0.15) is 17.9 Å². The summed E-state index contributed by atoms with van der Waals surface area (Å²) in [5.41, 5.74) is 6.76. The predicted molar refractivity (Wildman–Crippen MR) is 88.1 cm³/mol. The van der Waals surface area contributed by atoms with Crippen LogP contribution in [0.25, 0.3) is 11.4 Å². The lowest BCUT2D eigenvalue weighted by Crippen LogP contribution is -2.44. The monoisotopic (exact) mass is 358 g/mol. The zero-order valence-electron chi connectivity index (χ0n) is 13.6. The average Bonchev–Trinajstić information content (AvgIpc) is 3.00. The van der Waals surface area contributed by atoms with Crippen LogP contribution < -0.4 is 11.1 Å². The minimum Gasteiger partial charge on any atom is -0.383 e. The van der Waals surface area contributed by atoms with E-state index in [9.17, 15) is 9.18 Å². The fourth-order valence-corrected chi connectivity index (χ4v) is 1.95. The summed E-state index contributed by atoms with van der Waals surface area (Å²) in [6, 6.07) is 3.25. The third-order valence-corrected chi connectivity index (χ3v) is 3.27. The molecule has 3 N–H and O–H groups in total. The quantitative estimate of drug-likeness (QED) is 0.815. The Morgan fingerprint density at radius 2 is 2.21 bits per heavy atom. The van der Waals surface area contributed by atoms with E-state index in [-0.39, 0.29) is 36.6 Å². The van der Waals surface area contributed by atoms with Crippen LogP contribution in [0.5, 0.6) is 0 Å². The van der Waals surface area contributed by atoms with E-state index >= 15 is 0 Å². The minimum atomic E-state index is -0.774. The molecule has 2 aromatic rings. The second-order valence-corrected chi connectivity index (χ2v) is 5.21. The van der Waals surface area contributed by atoms with Gasteiger partial charge < -0.3 is 20.3 Å². The van der Waals surface area contributed by atoms with Crippen molar-refractivity contribution in [2.24, 2.45) is 5.73 Å². The van der Waals surface area contributed by atoms with E-state index in [0.717, 1.165) is 0 Å². The molecule has 0 aliphatic rings. The Balaban J connectivity index is 0.00000288. The Morgan fingerprint density at radius 1 is 1.50 bits per heavy atom. The topological polar surface area (TPSA) is 103 Å². The minimum absolute atomic E-state index is 0. The van der Waals surface area contributed by atoms with Crippen LogP contribution in [0.4, 0.5) is 4.39 Å². The fourth-order valence-electron chi connectivity index (χ4n) is 1.95. The number of aromatic nitrogens is 2. The summed E-state index contributed by atoms with van der Waals surface area (Å²) in [5, 5.41) is 6.52. The molecule has 24 heavy (non-hydrogen) atoms. The molecule has 0 fully saturated rings. The summed E-state index contributed by atoms with van der Waals surface area (Å²) in [5.74, 6) is -0.118. The van der Waals surface area contributed by atoms with Gasteiger partial charge in [-0.2, -0.15) is 4.98 Å². The second-order valence-electron chi connectivity index (χ2n) is 5.21. The van der Waals surface area contributed by atoms with E-state index in [0.29, 0.717) is 17.0 Å². The number of aryl methyl sites for hydroxylation is 1. The molecule has 1 aromatic carbocycles. The SMILES string of the molecule is COCC(N)C(=O)NC(C)c1nc(-c2ccc(F)c(C)c2)no1.Cl. The number of halogens is 2. The molecule has 7 nitrogen and oxygen atoms in total. The Kier molecular flexibility index (Phi) is 7.27. The van der Waals surface area contributed by atoms with Crippen LogP contribution in [0.1, 0.15) is 24.4 Å². The smallest absolute Gasteiger partial charge is 0.249 e. The maximum Gasteiger partial charge on any atom is 0.249 e. The highest BCUT2D eigenvalue weighted by Gasteiger charge is 2.21. The molecule has 1 amide bonds. The first-order chi connectivity index (χ1) is 10.9. The lowest BCUT2D eigenvalue weighted by Gasteiger charge is -2.14. The number of carbonyl (C=O) groups excluding carboxylic acids is 1. The van der Waals surface area contributed by atoms with Gasteiger partial charge in [-0.1, -0.05) is 5.16 Å². The van der Waals surface area contributed by atoms with Gasteiger partial charge in [-0.15, -0.1) is 12.4 Å². The molecule has 132 valence electrons. The van der Waals surface area contributed by atoms with E-state index in [1.807, 2.05) is 0 Å². The van der Waals surface area contributed by atoms with Crippen LogP contribution in [0.15, 0.2) is 22.7 Å². The lowest BCUT2D eigenvalue weighted by molar-refractivity contribution is -0.124. The number of nitrogens with one attached hydrogen (secondary N) is 1. The van der Waals surface area contributed by atoms with Gasteiger partial charge in [0.2, 0.25) is 17.6 Å². The molecule has 0 aliphatic heterocycles. The largest absolute Gasteiger partial charge is 0.383 e. The molecule has 1 aromatic heterocycles. The van der Waals surface area contributed by atoms with Crippen LogP contribution in [-0.4, -0.2) is 35.8 Å². The molecule has 0 saturated carbocycles. The van der Waals surface area contributed by atoms with Crippen LogP contribution >= 0.6 is 12.4 Å². The number of methoxy groups -OCH3 is 1. The van der Waals surface area contributed by atoms with Gasteiger partial charge in [-0.05, 0) is 37.6 Å². The van der Waals surface area contributed by atoms with Crippen molar-refractivity contribution in [1.82, 2.24) is 15.5 Å². The highest BCUT2D eigenvalue weighted by molar-refractivity contribution is 5.85. The summed E-state index contributed by atoms with van der Waals surface area (Å²) < 4.78 is 23.3. The Hall–Kier alpha value is -2.03. The van der Waals surface area contributed by atoms with Gasteiger partial charge in [0, 0.05) is 12.7 Å². The Labute approximate surface area is 145 Å². The molecule has 0 saturated heterocycles. The number of ether oxygens (including phenoxy) is 1. The van der Waals surface area contributed by atoms with E-state index in [4.69, 9.17) is 15.0 Å². The van der Waals surface area contributed by atoms with Crippen molar-refractivity contribution in [2.45, 2.75) is 25.9 Å². The molecule has 2 atom stereocenters. The van der Waals surface area contributed by atoms with E-state index in [1.54, 1.807) is 26.0 Å². The fraction of sp³-hybridized carbons (Fsp3) is 0.400. The van der Waals surface area contributed by atoms with Crippen molar-refractivity contribution in [3.63, 3.8) is 0 Å². The number of rotatable bonds is 6. The van der Waals surface area contributed by atoms with Gasteiger partial charge in [0.25, 0.3) is 0 Å². The van der Waals surface area contributed by atoms with E-state index in [2.05, 4.69) is 15.5 Å². The average molecular weight is 359 g/mol. The first-order valence-corrected chi connectivity index (χ1v) is 7.07. The molecule has 0 bridgehead atoms. The van der Waals surface area contributed by atoms with Crippen LogP contribution in [0.2, 0.25) is 0 Å². The number of carbonyl (C=O) groups is 1. The maximum absolute atomic E-state index is 13.3. The number of hydrogen-bond acceptors (Lipinski definition) is 6. The van der Waals surface area contributed by atoms with Crippen LogP contribution in [-0.2, 0) is 9.53 Å². The molecule has 0 radical (unpaired) electrons. The van der Waals surface area contributed by atoms with Crippen molar-refractivity contribution >= 4 is 18.3 Å². The third-order valence-electron chi connectivity index (χ3n) is 3.27. The molecule has 2 rings (SSSR count). The summed E-state index contributed by atoms with van der Waals surface area (Å²) in [7, 11) is 1.46. The van der Waals surface area contributed by atoms with Crippen molar-refractivity contribution in [3.05, 3.63) is 35.5 Å². The zero-order chi connectivity index (χ0) is 17.0. The van der Waals surface area contributed by atoms with Crippen molar-refractivity contribution in [1.29, 1.82) is 0 Å². The number of hydrogen-bond donors (Lipinski definition) is 2. The standard InChI is InChI=1S/C15H19FN4O3.ClH/c1-8-6-10(4-5-11(8)16)13-19-15(23-20-13)9(2)18-14(21)12(17)7-22-3;/h4-6,9,12H,7,17H2,1-3H3,(H,18,21);1H. The normalized spacial score (nSPS) is 13.0. The zero-order valence-corrected chi connectivity index (χ0v) is 14.4. The molecule has 0 aliphatic carbocycles. The Bertz CT molecular complexity index is 695. The number of amides is 1. The highest BCUT2D eigenvalue weighted by atomic mass is 35.5. The van der Waals surface area contributed by atoms with E-state index in [1.165, 1.54) is 13.2 Å². The van der Waals surface area contributed by atoms with Crippen LogP contribution in [0, 0.1) is 12.7 Å². The molecule has 0 spiro atoms. The van der Waals surface area contributed by atoms with E-state index < -0.39 is 12.1 Å². The first kappa shape index (κ1) is 20.0. The van der Waals surface area contributed by atoms with Gasteiger partial charge >= 0.3 is 0 Å². The van der Waals surface area contributed by atoms with Gasteiger partial charge in [-0.3, -0.25) is 4.79 Å². The lowest BCUT2D eigenvalue weighted by atomic mass is 10.1. The summed E-state index contributed by atoms with van der Waals surface area (Å²) in [6.07, 6.45) is 0. The predicted octanol–water partition coefficient (Wildman–Crippen LogP) is 1.76. The van der Waals surface area contributed by atoms with Gasteiger partial charge in [0.15, 0.2) is 0 Å².